The molecule has 6 nitrogen and oxygen atoms in total. The molecule has 7 heteroatoms. The number of nitrogens with one attached hydrogen (secondary N) is 2. The first-order valence-electron chi connectivity index (χ1n) is 8.06. The average molecular weight is 317 g/mol. The van der Waals surface area contributed by atoms with Gasteiger partial charge in [-0.1, -0.05) is 19.8 Å². The molecule has 0 unspecified atom stereocenters. The van der Waals surface area contributed by atoms with Gasteiger partial charge in [0, 0.05) is 25.2 Å². The lowest BCUT2D eigenvalue weighted by Crippen LogP contribution is -2.50. The number of hydrogen-bond acceptors (Lipinski definition) is 3. The van der Waals surface area contributed by atoms with Crippen molar-refractivity contribution in [2.75, 3.05) is 18.8 Å². The molecule has 21 heavy (non-hydrogen) atoms. The molecule has 1 saturated heterocycles. The summed E-state index contributed by atoms with van der Waals surface area (Å²) in [6, 6.07) is 0.297. The van der Waals surface area contributed by atoms with Crippen LogP contribution in [0.5, 0.6) is 0 Å². The molecule has 0 radical (unpaired) electrons. The van der Waals surface area contributed by atoms with Crippen molar-refractivity contribution in [1.29, 1.82) is 0 Å². The molecule has 2 aliphatic rings. The van der Waals surface area contributed by atoms with Crippen LogP contribution >= 0.6 is 0 Å². The molecule has 2 amide bonds. The fraction of sp³-hybridized carbons (Fsp3) is 0.929. The van der Waals surface area contributed by atoms with Crippen LogP contribution in [0.25, 0.3) is 0 Å². The van der Waals surface area contributed by atoms with Gasteiger partial charge in [-0.15, -0.1) is 0 Å². The van der Waals surface area contributed by atoms with Gasteiger partial charge in [-0.05, 0) is 32.1 Å². The van der Waals surface area contributed by atoms with Gasteiger partial charge in [0.1, 0.15) is 0 Å². The number of amides is 2. The van der Waals surface area contributed by atoms with Crippen LogP contribution in [0.3, 0.4) is 0 Å². The Morgan fingerprint density at radius 2 is 1.57 bits per heavy atom. The van der Waals surface area contributed by atoms with Crippen molar-refractivity contribution < 1.29 is 13.2 Å². The third-order valence-electron chi connectivity index (χ3n) is 4.34. The van der Waals surface area contributed by atoms with E-state index >= 15 is 0 Å². The maximum absolute atomic E-state index is 12.0. The molecule has 0 atom stereocenters. The van der Waals surface area contributed by atoms with Crippen LogP contribution in [0.15, 0.2) is 0 Å². The van der Waals surface area contributed by atoms with Gasteiger partial charge in [-0.25, -0.2) is 17.5 Å². The molecule has 0 bridgehead atoms. The molecular weight excluding hydrogens is 290 g/mol. The lowest BCUT2D eigenvalue weighted by atomic mass is 10.1. The highest BCUT2D eigenvalue weighted by atomic mass is 32.2. The van der Waals surface area contributed by atoms with E-state index in [0.29, 0.717) is 38.4 Å². The Balaban J connectivity index is 1.72. The highest BCUT2D eigenvalue weighted by Crippen LogP contribution is 2.18. The van der Waals surface area contributed by atoms with Crippen molar-refractivity contribution in [2.24, 2.45) is 0 Å². The van der Waals surface area contributed by atoms with Crippen LogP contribution < -0.4 is 10.6 Å². The summed E-state index contributed by atoms with van der Waals surface area (Å²) in [5.41, 5.74) is 0. The molecule has 2 fully saturated rings. The van der Waals surface area contributed by atoms with Gasteiger partial charge in [0.2, 0.25) is 10.0 Å². The Bertz CT molecular complexity index is 438. The highest BCUT2D eigenvalue weighted by Gasteiger charge is 2.28. The number of piperidine rings is 1. The third-order valence-corrected chi connectivity index (χ3v) is 6.41. The Morgan fingerprint density at radius 1 is 1.05 bits per heavy atom. The van der Waals surface area contributed by atoms with Gasteiger partial charge in [0.15, 0.2) is 0 Å². The summed E-state index contributed by atoms with van der Waals surface area (Å²) in [6.45, 7) is 2.90. The maximum Gasteiger partial charge on any atom is 0.315 e. The van der Waals surface area contributed by atoms with Crippen LogP contribution in [-0.4, -0.2) is 49.7 Å². The molecule has 1 saturated carbocycles. The van der Waals surface area contributed by atoms with Crippen molar-refractivity contribution in [2.45, 2.75) is 64.0 Å². The van der Waals surface area contributed by atoms with Gasteiger partial charge in [0.25, 0.3) is 0 Å². The third kappa shape index (κ3) is 4.85. The molecule has 1 heterocycles. The van der Waals surface area contributed by atoms with E-state index in [9.17, 15) is 13.2 Å². The summed E-state index contributed by atoms with van der Waals surface area (Å²) in [7, 11) is -3.10. The maximum atomic E-state index is 12.0. The second-order valence-corrected chi connectivity index (χ2v) is 8.18. The summed E-state index contributed by atoms with van der Waals surface area (Å²) in [4.78, 5) is 11.9. The summed E-state index contributed by atoms with van der Waals surface area (Å²) >= 11 is 0. The predicted molar refractivity (Wildman–Crippen MR) is 82.6 cm³/mol. The standard InChI is InChI=1S/C14H27N3O3S/c1-2-11-21(19,20)17-9-7-13(8-10-17)16-14(18)15-12-5-3-4-6-12/h12-13H,2-11H2,1H3,(H2,15,16,18). The number of hydrogen-bond donors (Lipinski definition) is 2. The van der Waals surface area contributed by atoms with Crippen LogP contribution in [-0.2, 0) is 10.0 Å². The minimum absolute atomic E-state index is 0.0829. The first-order valence-corrected chi connectivity index (χ1v) is 9.67. The SMILES string of the molecule is CCCS(=O)(=O)N1CCC(NC(=O)NC2CCCC2)CC1. The number of urea groups is 1. The lowest BCUT2D eigenvalue weighted by molar-refractivity contribution is 0.224. The van der Waals surface area contributed by atoms with Gasteiger partial charge in [-0.3, -0.25) is 0 Å². The van der Waals surface area contributed by atoms with E-state index in [1.165, 1.54) is 12.8 Å². The monoisotopic (exact) mass is 317 g/mol. The van der Waals surface area contributed by atoms with Crippen molar-refractivity contribution in [3.8, 4) is 0 Å². The number of rotatable bonds is 5. The van der Waals surface area contributed by atoms with Crippen LogP contribution in [0, 0.1) is 0 Å². The summed E-state index contributed by atoms with van der Waals surface area (Å²) < 4.78 is 25.5. The molecule has 0 spiro atoms. The molecule has 2 rings (SSSR count). The Labute approximate surface area is 127 Å². The van der Waals surface area contributed by atoms with Gasteiger partial charge < -0.3 is 10.6 Å². The molecule has 2 N–H and O–H groups in total. The van der Waals surface area contributed by atoms with Gasteiger partial charge >= 0.3 is 6.03 Å². The van der Waals surface area contributed by atoms with E-state index in [-0.39, 0.29) is 17.8 Å². The van der Waals surface area contributed by atoms with Gasteiger partial charge in [0.05, 0.1) is 5.75 Å². The van der Waals surface area contributed by atoms with Crippen LogP contribution in [0.2, 0.25) is 0 Å². The van der Waals surface area contributed by atoms with E-state index in [1.54, 1.807) is 4.31 Å². The zero-order chi connectivity index (χ0) is 15.3. The minimum Gasteiger partial charge on any atom is -0.335 e. The van der Waals surface area contributed by atoms with Crippen LogP contribution in [0.4, 0.5) is 4.79 Å². The highest BCUT2D eigenvalue weighted by molar-refractivity contribution is 7.89. The lowest BCUT2D eigenvalue weighted by Gasteiger charge is -2.31. The molecule has 1 aliphatic carbocycles. The van der Waals surface area contributed by atoms with Gasteiger partial charge in [-0.2, -0.15) is 0 Å². The normalized spacial score (nSPS) is 22.3. The van der Waals surface area contributed by atoms with Crippen molar-refractivity contribution >= 4 is 16.1 Å². The predicted octanol–water partition coefficient (Wildman–Crippen LogP) is 1.43. The van der Waals surface area contributed by atoms with Crippen molar-refractivity contribution in [3.63, 3.8) is 0 Å². The second kappa shape index (κ2) is 7.45. The Hall–Kier alpha value is -0.820. The zero-order valence-electron chi connectivity index (χ0n) is 12.8. The summed E-state index contributed by atoms with van der Waals surface area (Å²) in [5.74, 6) is 0.216. The Kier molecular flexibility index (Phi) is 5.87. The van der Waals surface area contributed by atoms with E-state index in [2.05, 4.69) is 10.6 Å². The second-order valence-electron chi connectivity index (χ2n) is 6.09. The summed E-state index contributed by atoms with van der Waals surface area (Å²) in [6.07, 6.45) is 6.56. The van der Waals surface area contributed by atoms with E-state index in [4.69, 9.17) is 0 Å². The largest absolute Gasteiger partial charge is 0.335 e. The number of sulfonamides is 1. The van der Waals surface area contributed by atoms with E-state index in [1.807, 2.05) is 6.92 Å². The van der Waals surface area contributed by atoms with E-state index < -0.39 is 10.0 Å². The molecule has 0 aromatic heterocycles. The average Bonchev–Trinajstić information content (AvgIpc) is 2.92. The van der Waals surface area contributed by atoms with E-state index in [0.717, 1.165) is 12.8 Å². The fourth-order valence-corrected chi connectivity index (χ4v) is 4.69. The molecule has 0 aromatic rings. The quantitative estimate of drug-likeness (QED) is 0.805. The Morgan fingerprint density at radius 3 is 2.10 bits per heavy atom. The van der Waals surface area contributed by atoms with Crippen molar-refractivity contribution in [1.82, 2.24) is 14.9 Å². The smallest absolute Gasteiger partial charge is 0.315 e. The molecular formula is C14H27N3O3S. The fourth-order valence-electron chi connectivity index (χ4n) is 3.15. The first-order chi connectivity index (χ1) is 10.0. The molecule has 122 valence electrons. The number of nitrogens with zero attached hydrogens (tertiary/aromatic N) is 1. The zero-order valence-corrected chi connectivity index (χ0v) is 13.6. The van der Waals surface area contributed by atoms with Crippen molar-refractivity contribution in [3.05, 3.63) is 0 Å². The molecule has 0 aromatic carbocycles. The topological polar surface area (TPSA) is 78.5 Å². The number of carbonyl (C=O) groups excluding carboxylic acids is 1. The first kappa shape index (κ1) is 16.5. The molecule has 1 aliphatic heterocycles. The summed E-state index contributed by atoms with van der Waals surface area (Å²) in [5, 5.41) is 5.98. The minimum atomic E-state index is -3.10. The van der Waals surface area contributed by atoms with Crippen LogP contribution in [0.1, 0.15) is 51.9 Å². The number of carbonyl (C=O) groups is 1.